The van der Waals surface area contributed by atoms with Crippen molar-refractivity contribution in [1.29, 1.82) is 0 Å². The molecule has 0 radical (unpaired) electrons. The topological polar surface area (TPSA) is 125 Å². The van der Waals surface area contributed by atoms with Crippen LogP contribution >= 0.6 is 0 Å². The molecule has 0 aromatic carbocycles. The highest BCUT2D eigenvalue weighted by molar-refractivity contribution is 5.93. The maximum Gasteiger partial charge on any atom is 0.321 e. The van der Waals surface area contributed by atoms with Crippen molar-refractivity contribution in [1.82, 2.24) is 10.3 Å². The van der Waals surface area contributed by atoms with E-state index in [1.54, 1.807) is 0 Å². The van der Waals surface area contributed by atoms with Gasteiger partial charge >= 0.3 is 11.8 Å². The van der Waals surface area contributed by atoms with E-state index in [2.05, 4.69) is 10.3 Å². The van der Waals surface area contributed by atoms with Crippen LogP contribution in [0.3, 0.4) is 0 Å². The van der Waals surface area contributed by atoms with Gasteiger partial charge in [0.25, 0.3) is 5.91 Å². The van der Waals surface area contributed by atoms with Crippen molar-refractivity contribution < 1.29 is 19.6 Å². The monoisotopic (exact) mass is 281 g/mol. The molecule has 2 rings (SSSR count). The SMILES string of the molecule is O=C(NC1CCC(C(=O)O)CC1)c1ccc([N+](=O)[O-])[nH]1. The molecule has 0 atom stereocenters. The van der Waals surface area contributed by atoms with E-state index in [-0.39, 0.29) is 23.5 Å². The van der Waals surface area contributed by atoms with Gasteiger partial charge in [-0.25, -0.2) is 4.98 Å². The quantitative estimate of drug-likeness (QED) is 0.566. The van der Waals surface area contributed by atoms with Gasteiger partial charge in [0.2, 0.25) is 0 Å². The summed E-state index contributed by atoms with van der Waals surface area (Å²) in [6, 6.07) is 2.51. The Morgan fingerprint density at radius 1 is 1.30 bits per heavy atom. The Morgan fingerprint density at radius 2 is 1.95 bits per heavy atom. The van der Waals surface area contributed by atoms with Crippen LogP contribution < -0.4 is 5.32 Å². The Labute approximate surface area is 114 Å². The standard InChI is InChI=1S/C12H15N3O5/c16-11(9-5-6-10(14-9)15(19)20)13-8-3-1-7(2-4-8)12(17)18/h5-8,14H,1-4H2,(H,13,16)(H,17,18). The summed E-state index contributed by atoms with van der Waals surface area (Å²) < 4.78 is 0. The van der Waals surface area contributed by atoms with Gasteiger partial charge in [-0.3, -0.25) is 9.59 Å². The molecule has 0 spiro atoms. The predicted octanol–water partition coefficient (Wildman–Crippen LogP) is 1.30. The van der Waals surface area contributed by atoms with Gasteiger partial charge in [-0.15, -0.1) is 0 Å². The second-order valence-electron chi connectivity index (χ2n) is 4.87. The lowest BCUT2D eigenvalue weighted by molar-refractivity contribution is -0.389. The molecule has 1 aliphatic rings. The van der Waals surface area contributed by atoms with Gasteiger partial charge < -0.3 is 20.5 Å². The fourth-order valence-electron chi connectivity index (χ4n) is 2.37. The Balaban J connectivity index is 1.89. The number of hydrogen-bond acceptors (Lipinski definition) is 4. The first kappa shape index (κ1) is 14.0. The maximum absolute atomic E-state index is 11.9. The van der Waals surface area contributed by atoms with Crippen molar-refractivity contribution in [2.45, 2.75) is 31.7 Å². The van der Waals surface area contributed by atoms with Crippen LogP contribution in [0.4, 0.5) is 5.82 Å². The first-order valence-corrected chi connectivity index (χ1v) is 6.34. The van der Waals surface area contributed by atoms with E-state index < -0.39 is 16.8 Å². The third-order valence-electron chi connectivity index (χ3n) is 3.52. The van der Waals surface area contributed by atoms with Gasteiger partial charge in [-0.2, -0.15) is 0 Å². The Kier molecular flexibility index (Phi) is 4.02. The van der Waals surface area contributed by atoms with Crippen molar-refractivity contribution >= 4 is 17.7 Å². The zero-order valence-corrected chi connectivity index (χ0v) is 10.7. The zero-order valence-electron chi connectivity index (χ0n) is 10.7. The molecule has 8 nitrogen and oxygen atoms in total. The second kappa shape index (κ2) is 5.72. The van der Waals surface area contributed by atoms with Crippen LogP contribution in [0.2, 0.25) is 0 Å². The molecular weight excluding hydrogens is 266 g/mol. The van der Waals surface area contributed by atoms with Crippen LogP contribution in [0.1, 0.15) is 36.2 Å². The molecule has 1 aliphatic carbocycles. The summed E-state index contributed by atoms with van der Waals surface area (Å²) in [5, 5.41) is 22.2. The lowest BCUT2D eigenvalue weighted by Crippen LogP contribution is -2.38. The molecule has 0 aliphatic heterocycles. The number of aromatic amines is 1. The minimum Gasteiger partial charge on any atom is -0.481 e. The number of hydrogen-bond donors (Lipinski definition) is 3. The Morgan fingerprint density at radius 3 is 2.45 bits per heavy atom. The molecule has 0 bridgehead atoms. The number of carbonyl (C=O) groups excluding carboxylic acids is 1. The molecule has 1 saturated carbocycles. The first-order valence-electron chi connectivity index (χ1n) is 6.34. The fourth-order valence-corrected chi connectivity index (χ4v) is 2.37. The summed E-state index contributed by atoms with van der Waals surface area (Å²) >= 11 is 0. The van der Waals surface area contributed by atoms with E-state index in [4.69, 9.17) is 5.11 Å². The summed E-state index contributed by atoms with van der Waals surface area (Å²) in [4.78, 5) is 35.0. The average molecular weight is 281 g/mol. The van der Waals surface area contributed by atoms with E-state index >= 15 is 0 Å². The second-order valence-corrected chi connectivity index (χ2v) is 4.87. The number of amides is 1. The van der Waals surface area contributed by atoms with Crippen LogP contribution in [0, 0.1) is 16.0 Å². The highest BCUT2D eigenvalue weighted by Gasteiger charge is 2.27. The van der Waals surface area contributed by atoms with Gasteiger partial charge in [0, 0.05) is 12.1 Å². The number of nitrogens with one attached hydrogen (secondary N) is 2. The van der Waals surface area contributed by atoms with Crippen molar-refractivity contribution in [3.8, 4) is 0 Å². The summed E-state index contributed by atoms with van der Waals surface area (Å²) in [6.07, 6.45) is 2.27. The number of H-pyrrole nitrogens is 1. The third kappa shape index (κ3) is 3.14. The Bertz CT molecular complexity index is 531. The highest BCUT2D eigenvalue weighted by atomic mass is 16.6. The summed E-state index contributed by atoms with van der Waals surface area (Å²) in [5.74, 6) is -1.77. The predicted molar refractivity (Wildman–Crippen MR) is 68.3 cm³/mol. The number of aliphatic carboxylic acids is 1. The third-order valence-corrected chi connectivity index (χ3v) is 3.52. The number of nitro groups is 1. The summed E-state index contributed by atoms with van der Waals surface area (Å²) in [6.45, 7) is 0. The molecule has 0 unspecified atom stereocenters. The van der Waals surface area contributed by atoms with E-state index in [9.17, 15) is 19.7 Å². The molecular formula is C12H15N3O5. The normalized spacial score (nSPS) is 22.2. The zero-order chi connectivity index (χ0) is 14.7. The summed E-state index contributed by atoms with van der Waals surface area (Å²) in [5.41, 5.74) is 0.136. The molecule has 8 heteroatoms. The lowest BCUT2D eigenvalue weighted by Gasteiger charge is -2.26. The smallest absolute Gasteiger partial charge is 0.321 e. The number of carboxylic acids is 1. The molecule has 108 valence electrons. The van der Waals surface area contributed by atoms with Crippen LogP contribution in [0.5, 0.6) is 0 Å². The number of rotatable bonds is 4. The minimum absolute atomic E-state index is 0.0829. The highest BCUT2D eigenvalue weighted by Crippen LogP contribution is 2.24. The molecule has 1 amide bonds. The number of carboxylic acid groups (broad SMARTS) is 1. The van der Waals surface area contributed by atoms with Gasteiger partial charge in [0.15, 0.2) is 5.69 Å². The number of aromatic nitrogens is 1. The molecule has 0 saturated heterocycles. The lowest BCUT2D eigenvalue weighted by atomic mass is 9.86. The van der Waals surface area contributed by atoms with E-state index in [1.807, 2.05) is 0 Å². The molecule has 3 N–H and O–H groups in total. The van der Waals surface area contributed by atoms with E-state index in [0.717, 1.165) is 0 Å². The number of nitrogens with zero attached hydrogens (tertiary/aromatic N) is 1. The molecule has 1 fully saturated rings. The van der Waals surface area contributed by atoms with E-state index in [1.165, 1.54) is 12.1 Å². The molecule has 1 heterocycles. The first-order chi connectivity index (χ1) is 9.47. The number of carbonyl (C=O) groups is 2. The van der Waals surface area contributed by atoms with E-state index in [0.29, 0.717) is 25.7 Å². The average Bonchev–Trinajstić information content (AvgIpc) is 2.89. The maximum atomic E-state index is 11.9. The largest absolute Gasteiger partial charge is 0.481 e. The van der Waals surface area contributed by atoms with Crippen LogP contribution in [-0.4, -0.2) is 32.9 Å². The fraction of sp³-hybridized carbons (Fsp3) is 0.500. The van der Waals surface area contributed by atoms with Gasteiger partial charge in [-0.05, 0) is 36.7 Å². The van der Waals surface area contributed by atoms with Gasteiger partial charge in [0.1, 0.15) is 0 Å². The molecule has 20 heavy (non-hydrogen) atoms. The van der Waals surface area contributed by atoms with Crippen LogP contribution in [0.25, 0.3) is 0 Å². The van der Waals surface area contributed by atoms with Crippen LogP contribution in [-0.2, 0) is 4.79 Å². The molecule has 1 aromatic rings. The minimum atomic E-state index is -0.797. The van der Waals surface area contributed by atoms with Crippen LogP contribution in [0.15, 0.2) is 12.1 Å². The van der Waals surface area contributed by atoms with Crippen molar-refractivity contribution in [2.75, 3.05) is 0 Å². The van der Waals surface area contributed by atoms with Gasteiger partial charge in [0.05, 0.1) is 5.92 Å². The van der Waals surface area contributed by atoms with Crippen molar-refractivity contribution in [3.63, 3.8) is 0 Å². The molecule has 1 aromatic heterocycles. The summed E-state index contributed by atoms with van der Waals surface area (Å²) in [7, 11) is 0. The van der Waals surface area contributed by atoms with Crippen molar-refractivity contribution in [2.24, 2.45) is 5.92 Å². The Hall–Kier alpha value is -2.38. The van der Waals surface area contributed by atoms with Gasteiger partial charge in [-0.1, -0.05) is 0 Å². The van der Waals surface area contributed by atoms with Crippen molar-refractivity contribution in [3.05, 3.63) is 27.9 Å².